The minimum Gasteiger partial charge on any atom is -0.454 e. The van der Waals surface area contributed by atoms with Crippen molar-refractivity contribution in [1.29, 1.82) is 0 Å². The molecule has 1 aliphatic rings. The molecule has 29 heavy (non-hydrogen) atoms. The predicted molar refractivity (Wildman–Crippen MR) is 116 cm³/mol. The topological polar surface area (TPSA) is 67.4 Å². The van der Waals surface area contributed by atoms with Crippen LogP contribution in [0.2, 0.25) is 0 Å². The first kappa shape index (κ1) is 19.1. The summed E-state index contributed by atoms with van der Waals surface area (Å²) in [5.41, 5.74) is 2.62. The van der Waals surface area contributed by atoms with Crippen molar-refractivity contribution in [1.82, 2.24) is 0 Å². The van der Waals surface area contributed by atoms with Gasteiger partial charge in [0.05, 0.1) is 11.3 Å². The molecule has 1 aliphatic heterocycles. The van der Waals surface area contributed by atoms with Gasteiger partial charge in [-0.15, -0.1) is 11.8 Å². The van der Waals surface area contributed by atoms with Crippen molar-refractivity contribution in [3.63, 3.8) is 0 Å². The van der Waals surface area contributed by atoms with E-state index in [1.807, 2.05) is 55.5 Å². The van der Waals surface area contributed by atoms with Crippen LogP contribution in [0.4, 0.5) is 11.4 Å². The number of rotatable bonds is 5. The lowest BCUT2D eigenvalue weighted by Crippen LogP contribution is -2.14. The van der Waals surface area contributed by atoms with Gasteiger partial charge in [-0.3, -0.25) is 9.59 Å². The third-order valence-electron chi connectivity index (χ3n) is 4.45. The normalized spacial score (nSPS) is 12.1. The van der Waals surface area contributed by atoms with E-state index in [1.54, 1.807) is 30.0 Å². The third kappa shape index (κ3) is 4.60. The van der Waals surface area contributed by atoms with Gasteiger partial charge in [0.15, 0.2) is 5.75 Å². The van der Waals surface area contributed by atoms with Crippen LogP contribution in [0.3, 0.4) is 0 Å². The molecule has 2 N–H and O–H groups in total. The summed E-state index contributed by atoms with van der Waals surface area (Å²) in [6.07, 6.45) is 0.379. The summed E-state index contributed by atoms with van der Waals surface area (Å²) in [6.45, 7) is 1.95. The van der Waals surface area contributed by atoms with Gasteiger partial charge in [0, 0.05) is 22.8 Å². The zero-order chi connectivity index (χ0) is 20.2. The highest BCUT2D eigenvalue weighted by atomic mass is 32.2. The van der Waals surface area contributed by atoms with E-state index < -0.39 is 0 Å². The zero-order valence-corrected chi connectivity index (χ0v) is 16.7. The maximum Gasteiger partial charge on any atom is 0.259 e. The quantitative estimate of drug-likeness (QED) is 0.553. The molecule has 5 nitrogen and oxygen atoms in total. The van der Waals surface area contributed by atoms with Gasteiger partial charge in [-0.2, -0.15) is 0 Å². The van der Waals surface area contributed by atoms with Crippen LogP contribution in [0, 0.1) is 6.92 Å². The Labute approximate surface area is 173 Å². The second-order valence-corrected chi connectivity index (χ2v) is 7.89. The number of anilines is 2. The van der Waals surface area contributed by atoms with Crippen LogP contribution in [0.1, 0.15) is 22.3 Å². The molecule has 0 aliphatic carbocycles. The first-order valence-electron chi connectivity index (χ1n) is 9.30. The summed E-state index contributed by atoms with van der Waals surface area (Å²) in [6, 6.07) is 20.7. The molecule has 0 atom stereocenters. The van der Waals surface area contributed by atoms with Gasteiger partial charge in [0.2, 0.25) is 5.91 Å². The first-order valence-corrected chi connectivity index (χ1v) is 10.3. The summed E-state index contributed by atoms with van der Waals surface area (Å²) in [5.74, 6) is 1.38. The van der Waals surface area contributed by atoms with Gasteiger partial charge in [-0.05, 0) is 55.0 Å². The van der Waals surface area contributed by atoms with E-state index in [1.165, 1.54) is 0 Å². The fourth-order valence-electron chi connectivity index (χ4n) is 3.01. The fourth-order valence-corrected chi connectivity index (χ4v) is 3.89. The number of aryl methyl sites for hydroxylation is 1. The van der Waals surface area contributed by atoms with Crippen LogP contribution < -0.4 is 15.4 Å². The average molecular weight is 404 g/mol. The minimum absolute atomic E-state index is 0.0951. The lowest BCUT2D eigenvalue weighted by molar-refractivity contribution is -0.115. The molecule has 0 aromatic heterocycles. The molecule has 3 aromatic rings. The highest BCUT2D eigenvalue weighted by Gasteiger charge is 2.21. The summed E-state index contributed by atoms with van der Waals surface area (Å²) < 4.78 is 5.90. The molecule has 0 radical (unpaired) electrons. The smallest absolute Gasteiger partial charge is 0.259 e. The van der Waals surface area contributed by atoms with E-state index >= 15 is 0 Å². The van der Waals surface area contributed by atoms with Crippen LogP contribution >= 0.6 is 11.8 Å². The van der Waals surface area contributed by atoms with Crippen molar-refractivity contribution in [2.75, 3.05) is 16.4 Å². The SMILES string of the molecule is Cc1ccc2c(c1)NC(=O)c1cc(NC(=O)CCSc3ccccc3)ccc1O2. The van der Waals surface area contributed by atoms with Crippen molar-refractivity contribution < 1.29 is 14.3 Å². The number of ether oxygens (including phenoxy) is 1. The van der Waals surface area contributed by atoms with Crippen LogP contribution in [-0.2, 0) is 4.79 Å². The Balaban J connectivity index is 1.42. The minimum atomic E-state index is -0.264. The van der Waals surface area contributed by atoms with E-state index in [9.17, 15) is 9.59 Å². The Bertz CT molecular complexity index is 1070. The van der Waals surface area contributed by atoms with Gasteiger partial charge in [0.25, 0.3) is 5.91 Å². The predicted octanol–water partition coefficient (Wildman–Crippen LogP) is 5.47. The molecule has 0 fully saturated rings. The van der Waals surface area contributed by atoms with Gasteiger partial charge in [-0.1, -0.05) is 24.3 Å². The molecule has 3 aromatic carbocycles. The number of fused-ring (bicyclic) bond motifs is 2. The van der Waals surface area contributed by atoms with Gasteiger partial charge in [0.1, 0.15) is 5.75 Å². The molecule has 0 saturated heterocycles. The van der Waals surface area contributed by atoms with Crippen LogP contribution in [0.15, 0.2) is 71.6 Å². The maximum atomic E-state index is 12.6. The Hall–Kier alpha value is -3.25. The summed E-state index contributed by atoms with van der Waals surface area (Å²) in [5, 5.41) is 5.73. The number of benzene rings is 3. The zero-order valence-electron chi connectivity index (χ0n) is 15.9. The number of nitrogens with one attached hydrogen (secondary N) is 2. The number of hydrogen-bond acceptors (Lipinski definition) is 4. The summed E-state index contributed by atoms with van der Waals surface area (Å²) >= 11 is 1.63. The van der Waals surface area contributed by atoms with Crippen molar-refractivity contribution in [2.24, 2.45) is 0 Å². The number of thioether (sulfide) groups is 1. The van der Waals surface area contributed by atoms with E-state index in [-0.39, 0.29) is 11.8 Å². The Kier molecular flexibility index (Phi) is 5.53. The van der Waals surface area contributed by atoms with Gasteiger partial charge >= 0.3 is 0 Å². The third-order valence-corrected chi connectivity index (χ3v) is 5.47. The second kappa shape index (κ2) is 8.41. The van der Waals surface area contributed by atoms with Crippen molar-refractivity contribution in [2.45, 2.75) is 18.2 Å². The van der Waals surface area contributed by atoms with Crippen molar-refractivity contribution >= 4 is 35.0 Å². The largest absolute Gasteiger partial charge is 0.454 e. The van der Waals surface area contributed by atoms with E-state index in [2.05, 4.69) is 10.6 Å². The average Bonchev–Trinajstić information content (AvgIpc) is 2.84. The first-order chi connectivity index (χ1) is 14.1. The standard InChI is InChI=1S/C23H20N2O3S/c1-15-7-9-21-19(13-15)25-23(27)18-14-16(8-10-20(18)28-21)24-22(26)11-12-29-17-5-3-2-4-6-17/h2-10,13-14H,11-12H2,1H3,(H,24,26)(H,25,27). The van der Waals surface area contributed by atoms with E-state index in [0.717, 1.165) is 10.5 Å². The molecule has 4 rings (SSSR count). The summed E-state index contributed by atoms with van der Waals surface area (Å²) in [4.78, 5) is 26.1. The number of hydrogen-bond donors (Lipinski definition) is 2. The maximum absolute atomic E-state index is 12.6. The molecule has 2 amide bonds. The van der Waals surface area contributed by atoms with Crippen molar-refractivity contribution in [3.05, 3.63) is 77.9 Å². The van der Waals surface area contributed by atoms with E-state index in [4.69, 9.17) is 4.74 Å². The van der Waals surface area contributed by atoms with E-state index in [0.29, 0.717) is 40.6 Å². The Morgan fingerprint density at radius 2 is 1.83 bits per heavy atom. The molecule has 0 saturated carbocycles. The highest BCUT2D eigenvalue weighted by molar-refractivity contribution is 7.99. The number of amides is 2. The molecule has 146 valence electrons. The highest BCUT2D eigenvalue weighted by Crippen LogP contribution is 2.37. The fraction of sp³-hybridized carbons (Fsp3) is 0.130. The number of carbonyl (C=O) groups excluding carboxylic acids is 2. The van der Waals surface area contributed by atoms with Crippen LogP contribution in [-0.4, -0.2) is 17.6 Å². The summed E-state index contributed by atoms with van der Waals surface area (Å²) in [7, 11) is 0. The second-order valence-electron chi connectivity index (χ2n) is 6.73. The monoisotopic (exact) mass is 404 g/mol. The Morgan fingerprint density at radius 1 is 1.03 bits per heavy atom. The molecule has 1 heterocycles. The van der Waals surface area contributed by atoms with Crippen LogP contribution in [0.5, 0.6) is 11.5 Å². The molecular formula is C23H20N2O3S. The number of carbonyl (C=O) groups is 2. The van der Waals surface area contributed by atoms with Gasteiger partial charge in [-0.25, -0.2) is 0 Å². The van der Waals surface area contributed by atoms with Crippen molar-refractivity contribution in [3.8, 4) is 11.5 Å². The van der Waals surface area contributed by atoms with Crippen LogP contribution in [0.25, 0.3) is 0 Å². The molecule has 0 spiro atoms. The molecule has 0 unspecified atom stereocenters. The van der Waals surface area contributed by atoms with Gasteiger partial charge < -0.3 is 15.4 Å². The molecular weight excluding hydrogens is 384 g/mol. The molecule has 0 bridgehead atoms. The molecule has 6 heteroatoms. The lowest BCUT2D eigenvalue weighted by atomic mass is 10.1. The lowest BCUT2D eigenvalue weighted by Gasteiger charge is -2.10. The Morgan fingerprint density at radius 3 is 2.66 bits per heavy atom.